The molecule has 0 spiro atoms. The van der Waals surface area contributed by atoms with Crippen molar-refractivity contribution in [3.8, 4) is 0 Å². The third kappa shape index (κ3) is 2.86. The second-order valence-electron chi connectivity index (χ2n) is 4.75. The molecule has 1 aromatic heterocycles. The molecule has 0 saturated heterocycles. The Labute approximate surface area is 122 Å². The number of nitrogens with zero attached hydrogens (tertiary/aromatic N) is 2. The third-order valence-corrected chi connectivity index (χ3v) is 3.32. The van der Waals surface area contributed by atoms with Crippen LogP contribution in [-0.4, -0.2) is 15.6 Å². The van der Waals surface area contributed by atoms with Crippen LogP contribution in [0.4, 0.5) is 10.5 Å². The van der Waals surface area contributed by atoms with Crippen LogP contribution in [0.5, 0.6) is 0 Å². The second-order valence-corrected chi connectivity index (χ2v) is 4.75. The van der Waals surface area contributed by atoms with Gasteiger partial charge in [0.2, 0.25) is 0 Å². The Morgan fingerprint density at radius 2 is 1.81 bits per heavy atom. The van der Waals surface area contributed by atoms with E-state index in [1.165, 1.54) is 0 Å². The van der Waals surface area contributed by atoms with E-state index < -0.39 is 0 Å². The molecule has 2 aromatic carbocycles. The summed E-state index contributed by atoms with van der Waals surface area (Å²) in [5, 5.41) is 5.59. The topological polar surface area (TPSA) is 59.0 Å². The zero-order valence-electron chi connectivity index (χ0n) is 11.7. The van der Waals surface area contributed by atoms with Crippen LogP contribution in [0.25, 0.3) is 11.0 Å². The summed E-state index contributed by atoms with van der Waals surface area (Å²) in [6.45, 7) is 0.379. The summed E-state index contributed by atoms with van der Waals surface area (Å²) in [7, 11) is 1.95. The average Bonchev–Trinajstić information content (AvgIpc) is 2.83. The summed E-state index contributed by atoms with van der Waals surface area (Å²) in [6.07, 6.45) is 0. The van der Waals surface area contributed by atoms with Crippen LogP contribution in [0, 0.1) is 0 Å². The lowest BCUT2D eigenvalue weighted by atomic mass is 10.3. The Morgan fingerprint density at radius 3 is 2.57 bits per heavy atom. The van der Waals surface area contributed by atoms with Gasteiger partial charge < -0.3 is 15.2 Å². The number of amides is 2. The fraction of sp³-hybridized carbons (Fsp3) is 0.125. The molecule has 0 saturated carbocycles. The van der Waals surface area contributed by atoms with Gasteiger partial charge in [-0.3, -0.25) is 0 Å². The number of aryl methyl sites for hydroxylation is 1. The Kier molecular flexibility index (Phi) is 3.55. The van der Waals surface area contributed by atoms with Crippen LogP contribution in [-0.2, 0) is 13.6 Å². The summed E-state index contributed by atoms with van der Waals surface area (Å²) in [5.41, 5.74) is 2.75. The van der Waals surface area contributed by atoms with Crippen molar-refractivity contribution >= 4 is 22.8 Å². The summed E-state index contributed by atoms with van der Waals surface area (Å²) >= 11 is 0. The van der Waals surface area contributed by atoms with Gasteiger partial charge in [0.25, 0.3) is 0 Å². The van der Waals surface area contributed by atoms with Crippen LogP contribution in [0.15, 0.2) is 54.6 Å². The first kappa shape index (κ1) is 13.2. The maximum atomic E-state index is 11.9. The predicted octanol–water partition coefficient (Wildman–Crippen LogP) is 2.90. The number of para-hydroxylation sites is 3. The molecule has 21 heavy (non-hydrogen) atoms. The smallest absolute Gasteiger partial charge is 0.319 e. The maximum Gasteiger partial charge on any atom is 0.319 e. The molecular weight excluding hydrogens is 264 g/mol. The van der Waals surface area contributed by atoms with Gasteiger partial charge in [-0.2, -0.15) is 0 Å². The maximum absolute atomic E-state index is 11.9. The highest BCUT2D eigenvalue weighted by molar-refractivity contribution is 5.89. The van der Waals surface area contributed by atoms with Gasteiger partial charge in [0, 0.05) is 12.7 Å². The molecule has 3 aromatic rings. The molecule has 106 valence electrons. The number of fused-ring (bicyclic) bond motifs is 1. The Morgan fingerprint density at radius 1 is 1.10 bits per heavy atom. The number of benzene rings is 2. The number of carbonyl (C=O) groups excluding carboxylic acids is 1. The zero-order valence-corrected chi connectivity index (χ0v) is 11.7. The van der Waals surface area contributed by atoms with Gasteiger partial charge in [-0.05, 0) is 24.3 Å². The van der Waals surface area contributed by atoms with Gasteiger partial charge in [0.15, 0.2) is 0 Å². The van der Waals surface area contributed by atoms with E-state index in [9.17, 15) is 4.79 Å². The molecular formula is C16H16N4O. The molecule has 5 heteroatoms. The molecule has 0 fully saturated rings. The van der Waals surface area contributed by atoms with Crippen molar-refractivity contribution in [1.29, 1.82) is 0 Å². The van der Waals surface area contributed by atoms with E-state index in [-0.39, 0.29) is 6.03 Å². The molecule has 0 unspecified atom stereocenters. The third-order valence-electron chi connectivity index (χ3n) is 3.32. The molecule has 1 heterocycles. The van der Waals surface area contributed by atoms with Gasteiger partial charge in [0.05, 0.1) is 17.6 Å². The molecule has 0 aliphatic carbocycles. The van der Waals surface area contributed by atoms with Crippen molar-refractivity contribution in [3.63, 3.8) is 0 Å². The minimum absolute atomic E-state index is 0.242. The highest BCUT2D eigenvalue weighted by Crippen LogP contribution is 2.14. The number of anilines is 1. The highest BCUT2D eigenvalue weighted by atomic mass is 16.2. The average molecular weight is 280 g/mol. The minimum atomic E-state index is -0.242. The number of hydrogen-bond donors (Lipinski definition) is 2. The lowest BCUT2D eigenvalue weighted by Crippen LogP contribution is -2.29. The number of aromatic nitrogens is 2. The first-order valence-corrected chi connectivity index (χ1v) is 6.74. The van der Waals surface area contributed by atoms with Crippen molar-refractivity contribution in [2.24, 2.45) is 7.05 Å². The van der Waals surface area contributed by atoms with E-state index in [2.05, 4.69) is 15.6 Å². The van der Waals surface area contributed by atoms with Crippen molar-refractivity contribution in [1.82, 2.24) is 14.9 Å². The monoisotopic (exact) mass is 280 g/mol. The van der Waals surface area contributed by atoms with Crippen molar-refractivity contribution in [2.45, 2.75) is 6.54 Å². The number of hydrogen-bond acceptors (Lipinski definition) is 2. The van der Waals surface area contributed by atoms with Crippen molar-refractivity contribution in [3.05, 3.63) is 60.4 Å². The standard InChI is InChI=1S/C16H16N4O/c1-20-14-10-6-5-9-13(14)19-15(20)11-17-16(21)18-12-7-3-2-4-8-12/h2-10H,11H2,1H3,(H2,17,18,21). The van der Waals surface area contributed by atoms with Crippen LogP contribution >= 0.6 is 0 Å². The highest BCUT2D eigenvalue weighted by Gasteiger charge is 2.08. The van der Waals surface area contributed by atoms with Gasteiger partial charge in [0.1, 0.15) is 5.82 Å². The summed E-state index contributed by atoms with van der Waals surface area (Å²) in [4.78, 5) is 16.4. The zero-order chi connectivity index (χ0) is 14.7. The first-order valence-electron chi connectivity index (χ1n) is 6.74. The fourth-order valence-electron chi connectivity index (χ4n) is 2.21. The first-order chi connectivity index (χ1) is 10.2. The lowest BCUT2D eigenvalue weighted by molar-refractivity contribution is 0.251. The molecule has 3 rings (SSSR count). The lowest BCUT2D eigenvalue weighted by Gasteiger charge is -2.07. The van der Waals surface area contributed by atoms with Crippen LogP contribution in [0.3, 0.4) is 0 Å². The van der Waals surface area contributed by atoms with Gasteiger partial charge in [-0.1, -0.05) is 30.3 Å². The Hall–Kier alpha value is -2.82. The molecule has 5 nitrogen and oxygen atoms in total. The van der Waals surface area contributed by atoms with Crippen molar-refractivity contribution < 1.29 is 4.79 Å². The van der Waals surface area contributed by atoms with Crippen LogP contribution in [0.1, 0.15) is 5.82 Å². The van der Waals surface area contributed by atoms with Gasteiger partial charge in [-0.15, -0.1) is 0 Å². The molecule has 0 aliphatic rings. The SMILES string of the molecule is Cn1c(CNC(=O)Nc2ccccc2)nc2ccccc21. The normalized spacial score (nSPS) is 10.5. The Balaban J connectivity index is 1.66. The largest absolute Gasteiger partial charge is 0.331 e. The van der Waals surface area contributed by atoms with E-state index in [1.54, 1.807) is 0 Å². The van der Waals surface area contributed by atoms with E-state index in [4.69, 9.17) is 0 Å². The Bertz CT molecular complexity index is 764. The number of rotatable bonds is 3. The fourth-order valence-corrected chi connectivity index (χ4v) is 2.21. The number of urea groups is 1. The molecule has 0 atom stereocenters. The molecule has 2 N–H and O–H groups in total. The van der Waals surface area contributed by atoms with E-state index >= 15 is 0 Å². The number of imidazole rings is 1. The minimum Gasteiger partial charge on any atom is -0.331 e. The van der Waals surface area contributed by atoms with E-state index in [0.717, 1.165) is 22.5 Å². The van der Waals surface area contributed by atoms with E-state index in [0.29, 0.717) is 6.54 Å². The number of nitrogens with one attached hydrogen (secondary N) is 2. The van der Waals surface area contributed by atoms with Crippen LogP contribution in [0.2, 0.25) is 0 Å². The number of carbonyl (C=O) groups is 1. The molecule has 0 radical (unpaired) electrons. The second kappa shape index (κ2) is 5.66. The molecule has 0 bridgehead atoms. The van der Waals surface area contributed by atoms with Gasteiger partial charge >= 0.3 is 6.03 Å². The molecule has 0 aliphatic heterocycles. The van der Waals surface area contributed by atoms with Crippen LogP contribution < -0.4 is 10.6 Å². The predicted molar refractivity (Wildman–Crippen MR) is 83.0 cm³/mol. The summed E-state index contributed by atoms with van der Waals surface area (Å²) in [5.74, 6) is 0.819. The van der Waals surface area contributed by atoms with E-state index in [1.807, 2.05) is 66.2 Å². The summed E-state index contributed by atoms with van der Waals surface area (Å²) in [6, 6.07) is 17.0. The summed E-state index contributed by atoms with van der Waals surface area (Å²) < 4.78 is 1.98. The quantitative estimate of drug-likeness (QED) is 0.775. The van der Waals surface area contributed by atoms with Gasteiger partial charge in [-0.25, -0.2) is 9.78 Å². The molecule has 2 amide bonds. The van der Waals surface area contributed by atoms with Crippen molar-refractivity contribution in [2.75, 3.05) is 5.32 Å².